The van der Waals surface area contributed by atoms with Gasteiger partial charge < -0.3 is 15.4 Å². The maximum atomic E-state index is 11.9. The van der Waals surface area contributed by atoms with Crippen LogP contribution < -0.4 is 10.6 Å². The van der Waals surface area contributed by atoms with Gasteiger partial charge in [0.2, 0.25) is 5.91 Å². The molecule has 0 aromatic heterocycles. The third-order valence-electron chi connectivity index (χ3n) is 3.27. The van der Waals surface area contributed by atoms with Crippen LogP contribution in [0.2, 0.25) is 0 Å². The molecule has 0 aliphatic rings. The molecular formula is C17H23BrN2O4. The van der Waals surface area contributed by atoms with Gasteiger partial charge >= 0.3 is 5.97 Å². The first kappa shape index (κ1) is 20.2. The highest BCUT2D eigenvalue weighted by Crippen LogP contribution is 2.10. The molecule has 132 valence electrons. The van der Waals surface area contributed by atoms with Gasteiger partial charge in [0.15, 0.2) is 0 Å². The monoisotopic (exact) mass is 398 g/mol. The molecule has 0 spiro atoms. The average Bonchev–Trinajstić information content (AvgIpc) is 2.53. The Bertz CT molecular complexity index is 572. The summed E-state index contributed by atoms with van der Waals surface area (Å²) in [6.07, 6.45) is 0.595. The quantitative estimate of drug-likeness (QED) is 0.657. The number of hydrogen-bond acceptors (Lipinski definition) is 4. The van der Waals surface area contributed by atoms with Gasteiger partial charge in [-0.15, -0.1) is 0 Å². The minimum absolute atomic E-state index is 0.0911. The Labute approximate surface area is 150 Å². The molecule has 1 atom stereocenters. The minimum Gasteiger partial charge on any atom is -0.467 e. The van der Waals surface area contributed by atoms with E-state index in [0.717, 1.165) is 4.47 Å². The summed E-state index contributed by atoms with van der Waals surface area (Å²) >= 11 is 3.30. The van der Waals surface area contributed by atoms with Crippen molar-refractivity contribution in [2.24, 2.45) is 5.92 Å². The third-order valence-corrected chi connectivity index (χ3v) is 3.80. The zero-order valence-electron chi connectivity index (χ0n) is 14.1. The Hall–Kier alpha value is -1.89. The maximum absolute atomic E-state index is 11.9. The highest BCUT2D eigenvalue weighted by atomic mass is 79.9. The SMILES string of the molecule is COC(=O)C(CC(C)C)NC(=O)CCNC(=O)c1ccc(Br)cc1. The van der Waals surface area contributed by atoms with E-state index >= 15 is 0 Å². The molecule has 1 aromatic carbocycles. The van der Waals surface area contributed by atoms with E-state index < -0.39 is 12.0 Å². The first-order valence-electron chi connectivity index (χ1n) is 7.74. The van der Waals surface area contributed by atoms with E-state index in [2.05, 4.69) is 26.6 Å². The molecule has 6 nitrogen and oxygen atoms in total. The normalized spacial score (nSPS) is 11.7. The van der Waals surface area contributed by atoms with Crippen LogP contribution in [0.3, 0.4) is 0 Å². The fourth-order valence-electron chi connectivity index (χ4n) is 2.09. The molecule has 1 aromatic rings. The Kier molecular flexibility index (Phi) is 8.46. The number of methoxy groups -OCH3 is 1. The topological polar surface area (TPSA) is 84.5 Å². The summed E-state index contributed by atoms with van der Waals surface area (Å²) < 4.78 is 5.58. The lowest BCUT2D eigenvalue weighted by Gasteiger charge is -2.18. The van der Waals surface area contributed by atoms with Crippen LogP contribution in [0.5, 0.6) is 0 Å². The lowest BCUT2D eigenvalue weighted by atomic mass is 10.0. The van der Waals surface area contributed by atoms with Gasteiger partial charge in [0.1, 0.15) is 6.04 Å². The summed E-state index contributed by atoms with van der Waals surface area (Å²) in [5.41, 5.74) is 0.519. The predicted molar refractivity (Wildman–Crippen MR) is 94.5 cm³/mol. The molecule has 2 N–H and O–H groups in total. The van der Waals surface area contributed by atoms with E-state index in [1.807, 2.05) is 13.8 Å². The first-order valence-corrected chi connectivity index (χ1v) is 8.53. The van der Waals surface area contributed by atoms with Gasteiger partial charge in [-0.3, -0.25) is 9.59 Å². The Balaban J connectivity index is 2.42. The lowest BCUT2D eigenvalue weighted by molar-refractivity contribution is -0.145. The summed E-state index contributed by atoms with van der Waals surface area (Å²) in [7, 11) is 1.29. The van der Waals surface area contributed by atoms with E-state index in [1.54, 1.807) is 24.3 Å². The zero-order chi connectivity index (χ0) is 18.1. The molecule has 0 saturated heterocycles. The van der Waals surface area contributed by atoms with E-state index in [4.69, 9.17) is 4.74 Å². The molecule has 0 radical (unpaired) electrons. The van der Waals surface area contributed by atoms with Gasteiger partial charge in [0.05, 0.1) is 7.11 Å². The molecule has 0 aliphatic carbocycles. The van der Waals surface area contributed by atoms with Crippen molar-refractivity contribution in [1.29, 1.82) is 0 Å². The minimum atomic E-state index is -0.662. The number of benzene rings is 1. The van der Waals surface area contributed by atoms with Crippen molar-refractivity contribution in [3.63, 3.8) is 0 Å². The predicted octanol–water partition coefficient (Wildman–Crippen LogP) is 2.27. The number of rotatable bonds is 8. The van der Waals surface area contributed by atoms with Gasteiger partial charge in [-0.05, 0) is 36.6 Å². The fourth-order valence-corrected chi connectivity index (χ4v) is 2.35. The van der Waals surface area contributed by atoms with Crippen LogP contribution >= 0.6 is 15.9 Å². The van der Waals surface area contributed by atoms with E-state index in [0.29, 0.717) is 12.0 Å². The Morgan fingerprint density at radius 1 is 1.17 bits per heavy atom. The number of amides is 2. The molecule has 0 heterocycles. The van der Waals surface area contributed by atoms with Gasteiger partial charge in [-0.1, -0.05) is 29.8 Å². The van der Waals surface area contributed by atoms with E-state index in [1.165, 1.54) is 7.11 Å². The molecule has 2 amide bonds. The molecule has 24 heavy (non-hydrogen) atoms. The molecule has 1 rings (SSSR count). The molecule has 0 fully saturated rings. The summed E-state index contributed by atoms with van der Waals surface area (Å²) in [5, 5.41) is 5.32. The molecule has 0 saturated carbocycles. The Morgan fingerprint density at radius 3 is 2.33 bits per heavy atom. The number of halogens is 1. The van der Waals surface area contributed by atoms with Gasteiger partial charge in [0, 0.05) is 23.0 Å². The van der Waals surface area contributed by atoms with Crippen LogP contribution in [-0.4, -0.2) is 37.5 Å². The second kappa shape index (κ2) is 10.1. The zero-order valence-corrected chi connectivity index (χ0v) is 15.7. The molecular weight excluding hydrogens is 376 g/mol. The number of ether oxygens (including phenoxy) is 1. The Morgan fingerprint density at radius 2 is 1.79 bits per heavy atom. The van der Waals surface area contributed by atoms with Gasteiger partial charge in [-0.25, -0.2) is 4.79 Å². The largest absolute Gasteiger partial charge is 0.467 e. The number of esters is 1. The number of hydrogen-bond donors (Lipinski definition) is 2. The third kappa shape index (κ3) is 7.12. The van der Waals surface area contributed by atoms with Crippen LogP contribution in [0.1, 0.15) is 37.0 Å². The van der Waals surface area contributed by atoms with Crippen molar-refractivity contribution in [3.8, 4) is 0 Å². The van der Waals surface area contributed by atoms with E-state index in [-0.39, 0.29) is 30.7 Å². The van der Waals surface area contributed by atoms with Crippen LogP contribution in [0.4, 0.5) is 0 Å². The van der Waals surface area contributed by atoms with Crippen molar-refractivity contribution in [3.05, 3.63) is 34.3 Å². The molecule has 0 aliphatic heterocycles. The second-order valence-electron chi connectivity index (χ2n) is 5.79. The summed E-state index contributed by atoms with van der Waals surface area (Å²) in [5.74, 6) is -0.772. The van der Waals surface area contributed by atoms with Crippen molar-refractivity contribution in [2.45, 2.75) is 32.7 Å². The highest BCUT2D eigenvalue weighted by molar-refractivity contribution is 9.10. The van der Waals surface area contributed by atoms with Crippen molar-refractivity contribution >= 4 is 33.7 Å². The van der Waals surface area contributed by atoms with E-state index in [9.17, 15) is 14.4 Å². The standard InChI is InChI=1S/C17H23BrN2O4/c1-11(2)10-14(17(23)24-3)20-15(21)8-9-19-16(22)12-4-6-13(18)7-5-12/h4-7,11,14H,8-10H2,1-3H3,(H,19,22)(H,20,21). The lowest BCUT2D eigenvalue weighted by Crippen LogP contribution is -2.43. The summed E-state index contributed by atoms with van der Waals surface area (Å²) in [4.78, 5) is 35.5. The second-order valence-corrected chi connectivity index (χ2v) is 6.70. The molecule has 1 unspecified atom stereocenters. The smallest absolute Gasteiger partial charge is 0.328 e. The maximum Gasteiger partial charge on any atom is 0.328 e. The summed E-state index contributed by atoms with van der Waals surface area (Å²) in [6, 6.07) is 6.26. The van der Waals surface area contributed by atoms with Crippen LogP contribution in [0.15, 0.2) is 28.7 Å². The molecule has 0 bridgehead atoms. The van der Waals surface area contributed by atoms with Crippen molar-refractivity contribution < 1.29 is 19.1 Å². The fraction of sp³-hybridized carbons (Fsp3) is 0.471. The number of carbonyl (C=O) groups excluding carboxylic acids is 3. The van der Waals surface area contributed by atoms with Crippen LogP contribution in [-0.2, 0) is 14.3 Å². The van der Waals surface area contributed by atoms with Crippen LogP contribution in [0.25, 0.3) is 0 Å². The van der Waals surface area contributed by atoms with Gasteiger partial charge in [-0.2, -0.15) is 0 Å². The first-order chi connectivity index (χ1) is 11.3. The number of carbonyl (C=O) groups is 3. The molecule has 7 heteroatoms. The summed E-state index contributed by atoms with van der Waals surface area (Å²) in [6.45, 7) is 4.11. The highest BCUT2D eigenvalue weighted by Gasteiger charge is 2.22. The van der Waals surface area contributed by atoms with Crippen molar-refractivity contribution in [2.75, 3.05) is 13.7 Å². The van der Waals surface area contributed by atoms with Crippen molar-refractivity contribution in [1.82, 2.24) is 10.6 Å². The van der Waals surface area contributed by atoms with Gasteiger partial charge in [0.25, 0.3) is 5.91 Å². The van der Waals surface area contributed by atoms with Crippen LogP contribution in [0, 0.1) is 5.92 Å². The number of nitrogens with one attached hydrogen (secondary N) is 2. The average molecular weight is 399 g/mol.